The van der Waals surface area contributed by atoms with Crippen molar-refractivity contribution >= 4 is 17.7 Å². The first-order chi connectivity index (χ1) is 13.3. The fourth-order valence-corrected chi connectivity index (χ4v) is 3.23. The summed E-state index contributed by atoms with van der Waals surface area (Å²) < 4.78 is 11.2. The van der Waals surface area contributed by atoms with Crippen molar-refractivity contribution in [2.75, 3.05) is 18.5 Å². The van der Waals surface area contributed by atoms with Crippen molar-refractivity contribution in [2.24, 2.45) is 0 Å². The first-order valence-corrected chi connectivity index (χ1v) is 10.3. The van der Waals surface area contributed by atoms with Crippen molar-refractivity contribution < 1.29 is 19.1 Å². The summed E-state index contributed by atoms with van der Waals surface area (Å²) in [5, 5.41) is 2.92. The SMILES string of the molecule is CCN(Cc1ccccc1NC(=O)COC1CCCCC1)C(=O)OC(C)(C)C. The van der Waals surface area contributed by atoms with Gasteiger partial charge in [0.15, 0.2) is 0 Å². The van der Waals surface area contributed by atoms with Gasteiger partial charge in [0.05, 0.1) is 12.6 Å². The lowest BCUT2D eigenvalue weighted by Crippen LogP contribution is -2.36. The predicted octanol–water partition coefficient (Wildman–Crippen LogP) is 4.73. The molecule has 0 saturated heterocycles. The van der Waals surface area contributed by atoms with Crippen LogP contribution < -0.4 is 5.32 Å². The van der Waals surface area contributed by atoms with E-state index in [2.05, 4.69) is 5.32 Å². The molecule has 0 unspecified atom stereocenters. The highest BCUT2D eigenvalue weighted by Crippen LogP contribution is 2.21. The van der Waals surface area contributed by atoms with Crippen LogP contribution in [-0.4, -0.2) is 41.8 Å². The van der Waals surface area contributed by atoms with E-state index in [-0.39, 0.29) is 24.7 Å². The van der Waals surface area contributed by atoms with Crippen LogP contribution >= 0.6 is 0 Å². The summed E-state index contributed by atoms with van der Waals surface area (Å²) in [5.74, 6) is -0.168. The number of hydrogen-bond donors (Lipinski definition) is 1. The number of hydrogen-bond acceptors (Lipinski definition) is 4. The molecule has 0 radical (unpaired) electrons. The number of carbonyl (C=O) groups excluding carboxylic acids is 2. The Morgan fingerprint density at radius 1 is 1.14 bits per heavy atom. The smallest absolute Gasteiger partial charge is 0.410 e. The Balaban J connectivity index is 1.95. The summed E-state index contributed by atoms with van der Waals surface area (Å²) in [6.45, 7) is 8.39. The largest absolute Gasteiger partial charge is 0.444 e. The second kappa shape index (κ2) is 10.5. The molecule has 0 aromatic heterocycles. The van der Waals surface area contributed by atoms with Crippen LogP contribution in [0.3, 0.4) is 0 Å². The Morgan fingerprint density at radius 2 is 1.82 bits per heavy atom. The molecule has 28 heavy (non-hydrogen) atoms. The van der Waals surface area contributed by atoms with Crippen LogP contribution in [0.2, 0.25) is 0 Å². The second-order valence-corrected chi connectivity index (χ2v) is 8.27. The molecule has 2 amide bonds. The van der Waals surface area contributed by atoms with Gasteiger partial charge in [-0.1, -0.05) is 37.5 Å². The highest BCUT2D eigenvalue weighted by atomic mass is 16.6. The Labute approximate surface area is 168 Å². The molecule has 6 heteroatoms. The first kappa shape index (κ1) is 22.2. The zero-order valence-electron chi connectivity index (χ0n) is 17.6. The van der Waals surface area contributed by atoms with Crippen molar-refractivity contribution in [2.45, 2.75) is 78.0 Å². The van der Waals surface area contributed by atoms with Crippen LogP contribution in [-0.2, 0) is 20.8 Å². The number of nitrogens with zero attached hydrogens (tertiary/aromatic N) is 1. The van der Waals surface area contributed by atoms with Gasteiger partial charge in [-0.05, 0) is 52.2 Å². The minimum atomic E-state index is -0.547. The molecule has 1 fully saturated rings. The number of para-hydroxylation sites is 1. The lowest BCUT2D eigenvalue weighted by molar-refractivity contribution is -0.123. The van der Waals surface area contributed by atoms with E-state index in [1.807, 2.05) is 52.0 Å². The van der Waals surface area contributed by atoms with E-state index in [0.29, 0.717) is 18.8 Å². The van der Waals surface area contributed by atoms with E-state index in [4.69, 9.17) is 9.47 Å². The summed E-state index contributed by atoms with van der Waals surface area (Å²) in [6.07, 6.45) is 5.50. The summed E-state index contributed by atoms with van der Waals surface area (Å²) in [6, 6.07) is 7.51. The monoisotopic (exact) mass is 390 g/mol. The van der Waals surface area contributed by atoms with Crippen LogP contribution in [0, 0.1) is 0 Å². The molecule has 0 aliphatic heterocycles. The minimum absolute atomic E-state index is 0.0581. The molecule has 156 valence electrons. The number of amides is 2. The Kier molecular flexibility index (Phi) is 8.30. The normalized spacial score (nSPS) is 15.1. The number of benzene rings is 1. The number of nitrogens with one attached hydrogen (secondary N) is 1. The molecule has 1 aliphatic carbocycles. The van der Waals surface area contributed by atoms with Crippen molar-refractivity contribution in [1.82, 2.24) is 4.90 Å². The van der Waals surface area contributed by atoms with Gasteiger partial charge in [-0.3, -0.25) is 4.79 Å². The van der Waals surface area contributed by atoms with Crippen molar-refractivity contribution in [1.29, 1.82) is 0 Å². The molecular formula is C22H34N2O4. The maximum atomic E-state index is 12.4. The van der Waals surface area contributed by atoms with E-state index >= 15 is 0 Å². The molecule has 0 atom stereocenters. The van der Waals surface area contributed by atoms with Gasteiger partial charge >= 0.3 is 6.09 Å². The molecule has 6 nitrogen and oxygen atoms in total. The summed E-state index contributed by atoms with van der Waals surface area (Å²) in [5.41, 5.74) is 1.01. The predicted molar refractivity (Wildman–Crippen MR) is 110 cm³/mol. The van der Waals surface area contributed by atoms with Crippen LogP contribution in [0.5, 0.6) is 0 Å². The molecule has 1 N–H and O–H groups in total. The van der Waals surface area contributed by atoms with Crippen LogP contribution in [0.1, 0.15) is 65.4 Å². The average molecular weight is 391 g/mol. The van der Waals surface area contributed by atoms with Crippen molar-refractivity contribution in [3.05, 3.63) is 29.8 Å². The second-order valence-electron chi connectivity index (χ2n) is 8.27. The van der Waals surface area contributed by atoms with Gasteiger partial charge in [0.1, 0.15) is 12.2 Å². The molecule has 1 aliphatic rings. The van der Waals surface area contributed by atoms with Gasteiger partial charge < -0.3 is 19.7 Å². The molecule has 0 bridgehead atoms. The van der Waals surface area contributed by atoms with E-state index in [0.717, 1.165) is 18.4 Å². The number of ether oxygens (including phenoxy) is 2. The zero-order valence-corrected chi connectivity index (χ0v) is 17.6. The molecular weight excluding hydrogens is 356 g/mol. The van der Waals surface area contributed by atoms with Gasteiger partial charge in [-0.2, -0.15) is 0 Å². The van der Waals surface area contributed by atoms with Gasteiger partial charge in [0, 0.05) is 12.2 Å². The van der Waals surface area contributed by atoms with Gasteiger partial charge in [-0.25, -0.2) is 4.79 Å². The average Bonchev–Trinajstić information content (AvgIpc) is 2.65. The third-order valence-corrected chi connectivity index (χ3v) is 4.69. The fourth-order valence-electron chi connectivity index (χ4n) is 3.23. The van der Waals surface area contributed by atoms with Crippen LogP contribution in [0.25, 0.3) is 0 Å². The molecule has 1 aromatic carbocycles. The number of rotatable bonds is 7. The Hall–Kier alpha value is -2.08. The maximum Gasteiger partial charge on any atom is 0.410 e. The molecule has 1 saturated carbocycles. The van der Waals surface area contributed by atoms with Crippen molar-refractivity contribution in [3.8, 4) is 0 Å². The Bertz CT molecular complexity index is 648. The van der Waals surface area contributed by atoms with E-state index in [1.54, 1.807) is 4.90 Å². The molecule has 0 heterocycles. The number of carbonyl (C=O) groups is 2. The zero-order chi connectivity index (χ0) is 20.6. The lowest BCUT2D eigenvalue weighted by atomic mass is 9.98. The van der Waals surface area contributed by atoms with Crippen LogP contribution in [0.15, 0.2) is 24.3 Å². The minimum Gasteiger partial charge on any atom is -0.444 e. The topological polar surface area (TPSA) is 67.9 Å². The molecule has 1 aromatic rings. The van der Waals surface area contributed by atoms with E-state index in [1.165, 1.54) is 19.3 Å². The third kappa shape index (κ3) is 7.50. The third-order valence-electron chi connectivity index (χ3n) is 4.69. The van der Waals surface area contributed by atoms with Crippen molar-refractivity contribution in [3.63, 3.8) is 0 Å². The Morgan fingerprint density at radius 3 is 2.46 bits per heavy atom. The highest BCUT2D eigenvalue weighted by molar-refractivity contribution is 5.92. The molecule has 0 spiro atoms. The highest BCUT2D eigenvalue weighted by Gasteiger charge is 2.22. The van der Waals surface area contributed by atoms with E-state index in [9.17, 15) is 9.59 Å². The van der Waals surface area contributed by atoms with Crippen LogP contribution in [0.4, 0.5) is 10.5 Å². The number of anilines is 1. The maximum absolute atomic E-state index is 12.4. The summed E-state index contributed by atoms with van der Waals surface area (Å²) in [7, 11) is 0. The van der Waals surface area contributed by atoms with E-state index < -0.39 is 5.60 Å². The quantitative estimate of drug-likeness (QED) is 0.731. The lowest BCUT2D eigenvalue weighted by Gasteiger charge is -2.27. The van der Waals surface area contributed by atoms with Gasteiger partial charge in [0.25, 0.3) is 0 Å². The van der Waals surface area contributed by atoms with Gasteiger partial charge in [0.2, 0.25) is 5.91 Å². The first-order valence-electron chi connectivity index (χ1n) is 10.3. The fraction of sp³-hybridized carbons (Fsp3) is 0.636. The van der Waals surface area contributed by atoms with Gasteiger partial charge in [-0.15, -0.1) is 0 Å². The standard InChI is InChI=1S/C22H34N2O4/c1-5-24(21(26)28-22(2,3)4)15-17-11-9-10-14-19(17)23-20(25)16-27-18-12-7-6-8-13-18/h9-11,14,18H,5-8,12-13,15-16H2,1-4H3,(H,23,25). The summed E-state index contributed by atoms with van der Waals surface area (Å²) in [4.78, 5) is 26.4. The molecule has 2 rings (SSSR count). The summed E-state index contributed by atoms with van der Waals surface area (Å²) >= 11 is 0.